The van der Waals surface area contributed by atoms with Crippen LogP contribution in [0, 0.1) is 11.8 Å². The van der Waals surface area contributed by atoms with Crippen molar-refractivity contribution in [2.24, 2.45) is 4.40 Å². The molecule has 0 aliphatic rings. The summed E-state index contributed by atoms with van der Waals surface area (Å²) in [7, 11) is 0. The lowest BCUT2D eigenvalue weighted by Gasteiger charge is -1.84. The van der Waals surface area contributed by atoms with Crippen LogP contribution in [0.5, 0.6) is 0 Å². The van der Waals surface area contributed by atoms with Crippen molar-refractivity contribution < 1.29 is 0 Å². The lowest BCUT2D eigenvalue weighted by molar-refractivity contribution is 1.79. The van der Waals surface area contributed by atoms with Gasteiger partial charge in [0.1, 0.15) is 0 Å². The second kappa shape index (κ2) is 6.43. The van der Waals surface area contributed by atoms with Gasteiger partial charge in [-0.05, 0) is 25.8 Å². The summed E-state index contributed by atoms with van der Waals surface area (Å²) in [6.45, 7) is 3.73. The molecule has 0 N–H and O–H groups in total. The van der Waals surface area contributed by atoms with E-state index in [2.05, 4.69) is 38.8 Å². The summed E-state index contributed by atoms with van der Waals surface area (Å²) in [6, 6.07) is 0. The SMILES string of the molecule is CC#C/C(C)=N\SCI. The maximum Gasteiger partial charge on any atom is 0.0951 e. The van der Waals surface area contributed by atoms with E-state index in [-0.39, 0.29) is 0 Å². The monoisotopic (exact) mass is 253 g/mol. The Labute approximate surface area is 74.0 Å². The van der Waals surface area contributed by atoms with Gasteiger partial charge in [-0.25, -0.2) is 4.40 Å². The highest BCUT2D eigenvalue weighted by molar-refractivity contribution is 14.1. The van der Waals surface area contributed by atoms with E-state index >= 15 is 0 Å². The number of halogens is 1. The zero-order chi connectivity index (χ0) is 7.11. The predicted octanol–water partition coefficient (Wildman–Crippen LogP) is 2.51. The average Bonchev–Trinajstić information content (AvgIpc) is 1.85. The largest absolute Gasteiger partial charge is 0.212 e. The van der Waals surface area contributed by atoms with Gasteiger partial charge in [0.05, 0.1) is 9.47 Å². The molecule has 3 heteroatoms. The summed E-state index contributed by atoms with van der Waals surface area (Å²) < 4.78 is 5.07. The molecule has 0 atom stereocenters. The summed E-state index contributed by atoms with van der Waals surface area (Å²) >= 11 is 3.79. The van der Waals surface area contributed by atoms with E-state index in [0.717, 1.165) is 9.47 Å². The minimum Gasteiger partial charge on any atom is -0.212 e. The molecule has 0 heterocycles. The molecule has 0 aliphatic carbocycles. The van der Waals surface area contributed by atoms with Crippen molar-refractivity contribution in [3.63, 3.8) is 0 Å². The van der Waals surface area contributed by atoms with Crippen LogP contribution in [0.2, 0.25) is 0 Å². The third-order valence-corrected chi connectivity index (χ3v) is 1.89. The maximum absolute atomic E-state index is 4.08. The van der Waals surface area contributed by atoms with E-state index in [9.17, 15) is 0 Å². The Morgan fingerprint density at radius 3 is 2.89 bits per heavy atom. The first-order valence-corrected chi connectivity index (χ1v) is 4.93. The van der Waals surface area contributed by atoms with E-state index in [0.29, 0.717) is 0 Å². The highest BCUT2D eigenvalue weighted by Gasteiger charge is 1.80. The van der Waals surface area contributed by atoms with Crippen molar-refractivity contribution in [1.82, 2.24) is 0 Å². The van der Waals surface area contributed by atoms with Gasteiger partial charge in [-0.2, -0.15) is 0 Å². The number of nitrogens with zero attached hydrogens (tertiary/aromatic N) is 1. The minimum absolute atomic E-state index is 0.902. The fourth-order valence-corrected chi connectivity index (χ4v) is 1.03. The van der Waals surface area contributed by atoms with Crippen LogP contribution in [0.15, 0.2) is 4.40 Å². The Morgan fingerprint density at radius 2 is 2.44 bits per heavy atom. The van der Waals surface area contributed by atoms with Crippen LogP contribution in [-0.4, -0.2) is 9.47 Å². The quantitative estimate of drug-likeness (QED) is 0.242. The normalized spacial score (nSPS) is 10.3. The van der Waals surface area contributed by atoms with Crippen molar-refractivity contribution in [1.29, 1.82) is 0 Å². The fourth-order valence-electron chi connectivity index (χ4n) is 0.325. The first kappa shape index (κ1) is 9.31. The summed E-state index contributed by atoms with van der Waals surface area (Å²) in [5, 5.41) is 0. The standard InChI is InChI=1S/C6H8INS/c1-3-4-6(2)8-9-5-7/h5H2,1-2H3/b8-6-. The van der Waals surface area contributed by atoms with E-state index in [1.54, 1.807) is 0 Å². The summed E-state index contributed by atoms with van der Waals surface area (Å²) in [5.41, 5.74) is 0.902. The van der Waals surface area contributed by atoms with Crippen LogP contribution in [0.25, 0.3) is 0 Å². The van der Waals surface area contributed by atoms with Gasteiger partial charge in [-0.1, -0.05) is 28.5 Å². The lowest BCUT2D eigenvalue weighted by atomic mass is 10.4. The molecule has 0 aromatic carbocycles. The van der Waals surface area contributed by atoms with Crippen molar-refractivity contribution >= 4 is 40.3 Å². The van der Waals surface area contributed by atoms with Crippen LogP contribution in [-0.2, 0) is 0 Å². The number of alkyl halides is 1. The maximum atomic E-state index is 4.08. The molecule has 1 nitrogen and oxygen atoms in total. The molecular weight excluding hydrogens is 245 g/mol. The van der Waals surface area contributed by atoms with Gasteiger partial charge in [0.2, 0.25) is 0 Å². The van der Waals surface area contributed by atoms with Crippen LogP contribution >= 0.6 is 34.5 Å². The van der Waals surface area contributed by atoms with Gasteiger partial charge in [0.25, 0.3) is 0 Å². The van der Waals surface area contributed by atoms with Gasteiger partial charge < -0.3 is 0 Å². The smallest absolute Gasteiger partial charge is 0.0951 e. The van der Waals surface area contributed by atoms with Crippen LogP contribution < -0.4 is 0 Å². The van der Waals surface area contributed by atoms with E-state index in [1.807, 2.05) is 13.8 Å². The number of hydrogen-bond donors (Lipinski definition) is 0. The topological polar surface area (TPSA) is 12.4 Å². The van der Waals surface area contributed by atoms with Gasteiger partial charge in [-0.15, -0.1) is 5.92 Å². The van der Waals surface area contributed by atoms with Crippen molar-refractivity contribution in [2.75, 3.05) is 3.76 Å². The Hall–Kier alpha value is 0.310. The van der Waals surface area contributed by atoms with Gasteiger partial charge >= 0.3 is 0 Å². The molecule has 0 amide bonds. The Morgan fingerprint density at radius 1 is 1.78 bits per heavy atom. The van der Waals surface area contributed by atoms with Gasteiger partial charge in [0, 0.05) is 0 Å². The zero-order valence-corrected chi connectivity index (χ0v) is 8.41. The fraction of sp³-hybridized carbons (Fsp3) is 0.500. The summed E-state index contributed by atoms with van der Waals surface area (Å²) in [5.74, 6) is 5.64. The first-order chi connectivity index (χ1) is 4.31. The van der Waals surface area contributed by atoms with Crippen molar-refractivity contribution in [3.05, 3.63) is 0 Å². The molecule has 0 spiro atoms. The number of rotatable bonds is 2. The molecule has 0 saturated carbocycles. The zero-order valence-electron chi connectivity index (χ0n) is 5.44. The molecule has 50 valence electrons. The highest BCUT2D eigenvalue weighted by Crippen LogP contribution is 2.05. The van der Waals surface area contributed by atoms with E-state index in [4.69, 9.17) is 0 Å². The molecule has 0 aromatic rings. The molecule has 0 fully saturated rings. The molecule has 0 radical (unpaired) electrons. The van der Waals surface area contributed by atoms with Crippen LogP contribution in [0.1, 0.15) is 13.8 Å². The second-order valence-corrected chi connectivity index (χ2v) is 3.82. The van der Waals surface area contributed by atoms with E-state index in [1.165, 1.54) is 11.9 Å². The highest BCUT2D eigenvalue weighted by atomic mass is 127. The summed E-state index contributed by atoms with van der Waals surface area (Å²) in [6.07, 6.45) is 0. The van der Waals surface area contributed by atoms with E-state index < -0.39 is 0 Å². The number of hydrogen-bond acceptors (Lipinski definition) is 2. The third kappa shape index (κ3) is 6.19. The predicted molar refractivity (Wildman–Crippen MR) is 53.0 cm³/mol. The van der Waals surface area contributed by atoms with Crippen LogP contribution in [0.3, 0.4) is 0 Å². The molecular formula is C6H8INS. The lowest BCUT2D eigenvalue weighted by Crippen LogP contribution is -1.80. The van der Waals surface area contributed by atoms with Gasteiger partial charge in [0.15, 0.2) is 0 Å². The average molecular weight is 253 g/mol. The summed E-state index contributed by atoms with van der Waals surface area (Å²) in [4.78, 5) is 0. The third-order valence-electron chi connectivity index (χ3n) is 0.556. The molecule has 0 aromatic heterocycles. The molecule has 0 bridgehead atoms. The Balaban J connectivity index is 3.65. The first-order valence-electron chi connectivity index (χ1n) is 2.46. The molecule has 0 rings (SSSR count). The molecule has 0 saturated heterocycles. The Kier molecular flexibility index (Phi) is 6.65. The molecule has 0 aliphatic heterocycles. The Bertz CT molecular complexity index is 154. The second-order valence-electron chi connectivity index (χ2n) is 1.29. The minimum atomic E-state index is 0.902. The molecule has 0 unspecified atom stereocenters. The van der Waals surface area contributed by atoms with Crippen molar-refractivity contribution in [3.8, 4) is 11.8 Å². The van der Waals surface area contributed by atoms with Crippen molar-refractivity contribution in [2.45, 2.75) is 13.8 Å². The molecule has 9 heavy (non-hydrogen) atoms. The van der Waals surface area contributed by atoms with Gasteiger partial charge in [-0.3, -0.25) is 0 Å². The van der Waals surface area contributed by atoms with Crippen LogP contribution in [0.4, 0.5) is 0 Å².